The van der Waals surface area contributed by atoms with Gasteiger partial charge < -0.3 is 14.3 Å². The van der Waals surface area contributed by atoms with E-state index in [1.807, 2.05) is 12.1 Å². The first-order valence-corrected chi connectivity index (χ1v) is 7.77. The van der Waals surface area contributed by atoms with Gasteiger partial charge in [0.05, 0.1) is 4.47 Å². The minimum absolute atomic E-state index is 0.0625. The van der Waals surface area contributed by atoms with E-state index in [9.17, 15) is 4.79 Å². The Balaban J connectivity index is 2.37. The predicted octanol–water partition coefficient (Wildman–Crippen LogP) is 5.59. The second-order valence-electron chi connectivity index (χ2n) is 5.54. The van der Waals surface area contributed by atoms with Gasteiger partial charge in [-0.05, 0) is 45.1 Å². The first kappa shape index (κ1) is 16.1. The zero-order valence-electron chi connectivity index (χ0n) is 11.7. The van der Waals surface area contributed by atoms with Crippen molar-refractivity contribution in [1.82, 2.24) is 0 Å². The lowest BCUT2D eigenvalue weighted by atomic mass is 9.87. The van der Waals surface area contributed by atoms with E-state index in [-0.39, 0.29) is 17.1 Å². The van der Waals surface area contributed by atoms with Crippen molar-refractivity contribution in [1.29, 1.82) is 0 Å². The van der Waals surface area contributed by atoms with Gasteiger partial charge in [-0.2, -0.15) is 0 Å². The standard InChI is InChI=1S/C15H14Br2O4/c1-15(2,3)8-6-12(10(17)7-9(8)16)21-13-5-4-11(20-13)14(18)19/h4-7H,1-3H3,(H,18,19). The third kappa shape index (κ3) is 3.68. The maximum absolute atomic E-state index is 10.8. The summed E-state index contributed by atoms with van der Waals surface area (Å²) in [5, 5.41) is 8.84. The molecular weight excluding hydrogens is 404 g/mol. The SMILES string of the molecule is CC(C)(C)c1cc(Oc2ccc(C(=O)O)o2)c(Br)cc1Br. The van der Waals surface area contributed by atoms with Gasteiger partial charge in [-0.3, -0.25) is 0 Å². The molecule has 0 unspecified atom stereocenters. The van der Waals surface area contributed by atoms with Crippen LogP contribution in [0.5, 0.6) is 11.7 Å². The van der Waals surface area contributed by atoms with Gasteiger partial charge >= 0.3 is 5.97 Å². The summed E-state index contributed by atoms with van der Waals surface area (Å²) in [7, 11) is 0. The molecule has 6 heteroatoms. The quantitative estimate of drug-likeness (QED) is 0.706. The molecule has 4 nitrogen and oxygen atoms in total. The van der Waals surface area contributed by atoms with Crippen LogP contribution in [0.15, 0.2) is 37.6 Å². The molecule has 2 rings (SSSR count). The number of hydrogen-bond acceptors (Lipinski definition) is 3. The number of benzene rings is 1. The summed E-state index contributed by atoms with van der Waals surface area (Å²) < 4.78 is 12.5. The van der Waals surface area contributed by atoms with Crippen molar-refractivity contribution < 1.29 is 19.1 Å². The Labute approximate surface area is 139 Å². The van der Waals surface area contributed by atoms with Gasteiger partial charge in [-0.15, -0.1) is 0 Å². The van der Waals surface area contributed by atoms with Gasteiger partial charge in [0.15, 0.2) is 0 Å². The van der Waals surface area contributed by atoms with Crippen LogP contribution in [-0.4, -0.2) is 11.1 Å². The fourth-order valence-electron chi connectivity index (χ4n) is 1.78. The molecule has 0 saturated carbocycles. The van der Waals surface area contributed by atoms with Crippen LogP contribution in [0.3, 0.4) is 0 Å². The summed E-state index contributed by atoms with van der Waals surface area (Å²) in [4.78, 5) is 10.8. The number of ether oxygens (including phenoxy) is 1. The molecule has 2 aromatic rings. The lowest BCUT2D eigenvalue weighted by Crippen LogP contribution is -2.12. The van der Waals surface area contributed by atoms with E-state index in [0.717, 1.165) is 14.5 Å². The zero-order chi connectivity index (χ0) is 15.8. The van der Waals surface area contributed by atoms with E-state index in [4.69, 9.17) is 14.3 Å². The summed E-state index contributed by atoms with van der Waals surface area (Å²) >= 11 is 6.97. The number of carbonyl (C=O) groups is 1. The Morgan fingerprint density at radius 1 is 1.19 bits per heavy atom. The lowest BCUT2D eigenvalue weighted by molar-refractivity contribution is 0.0657. The first-order valence-electron chi connectivity index (χ1n) is 6.19. The second-order valence-corrected chi connectivity index (χ2v) is 7.25. The molecule has 0 fully saturated rings. The van der Waals surface area contributed by atoms with Gasteiger partial charge in [0.1, 0.15) is 5.75 Å². The van der Waals surface area contributed by atoms with Gasteiger partial charge in [0.2, 0.25) is 5.76 Å². The maximum atomic E-state index is 10.8. The fourth-order valence-corrected chi connectivity index (χ4v) is 3.45. The molecule has 0 bridgehead atoms. The van der Waals surface area contributed by atoms with Crippen LogP contribution in [0.1, 0.15) is 36.9 Å². The predicted molar refractivity (Wildman–Crippen MR) is 86.3 cm³/mol. The average molecular weight is 418 g/mol. The highest BCUT2D eigenvalue weighted by Gasteiger charge is 2.20. The smallest absolute Gasteiger partial charge is 0.371 e. The molecule has 21 heavy (non-hydrogen) atoms. The third-order valence-corrected chi connectivity index (χ3v) is 4.11. The van der Waals surface area contributed by atoms with Crippen molar-refractivity contribution >= 4 is 37.8 Å². The van der Waals surface area contributed by atoms with E-state index >= 15 is 0 Å². The van der Waals surface area contributed by atoms with Crippen molar-refractivity contribution in [3.63, 3.8) is 0 Å². The number of aromatic carboxylic acids is 1. The summed E-state index contributed by atoms with van der Waals surface area (Å²) in [6.45, 7) is 6.29. The Kier molecular flexibility index (Phi) is 4.49. The summed E-state index contributed by atoms with van der Waals surface area (Å²) in [5.74, 6) is -0.589. The fraction of sp³-hybridized carbons (Fsp3) is 0.267. The van der Waals surface area contributed by atoms with E-state index in [0.29, 0.717) is 5.75 Å². The third-order valence-electron chi connectivity index (χ3n) is 2.83. The number of carboxylic acid groups (broad SMARTS) is 1. The molecule has 1 aromatic heterocycles. The molecule has 0 amide bonds. The summed E-state index contributed by atoms with van der Waals surface area (Å²) in [5.41, 5.74) is 1.01. The second kappa shape index (κ2) is 5.85. The number of furan rings is 1. The molecule has 0 radical (unpaired) electrons. The van der Waals surface area contributed by atoms with E-state index < -0.39 is 5.97 Å². The highest BCUT2D eigenvalue weighted by Crippen LogP contribution is 2.39. The Morgan fingerprint density at radius 2 is 1.86 bits per heavy atom. The van der Waals surface area contributed by atoms with Gasteiger partial charge in [-0.25, -0.2) is 4.79 Å². The number of halogens is 2. The van der Waals surface area contributed by atoms with Crippen molar-refractivity contribution in [2.24, 2.45) is 0 Å². The molecule has 0 spiro atoms. The van der Waals surface area contributed by atoms with Gasteiger partial charge in [0.25, 0.3) is 5.95 Å². The van der Waals surface area contributed by atoms with Crippen molar-refractivity contribution in [3.05, 3.63) is 44.5 Å². The van der Waals surface area contributed by atoms with Crippen LogP contribution in [-0.2, 0) is 5.41 Å². The Morgan fingerprint density at radius 3 is 2.38 bits per heavy atom. The van der Waals surface area contributed by atoms with E-state index in [1.165, 1.54) is 12.1 Å². The Bertz CT molecular complexity index is 683. The molecule has 0 aliphatic heterocycles. The molecule has 1 N–H and O–H groups in total. The van der Waals surface area contributed by atoms with Crippen LogP contribution >= 0.6 is 31.9 Å². The lowest BCUT2D eigenvalue weighted by Gasteiger charge is -2.22. The topological polar surface area (TPSA) is 59.7 Å². The van der Waals surface area contributed by atoms with Crippen LogP contribution in [0, 0.1) is 0 Å². The van der Waals surface area contributed by atoms with Crippen molar-refractivity contribution in [2.75, 3.05) is 0 Å². The van der Waals surface area contributed by atoms with Gasteiger partial charge in [-0.1, -0.05) is 36.7 Å². The van der Waals surface area contributed by atoms with Crippen LogP contribution in [0.25, 0.3) is 0 Å². The molecule has 0 saturated heterocycles. The minimum Gasteiger partial charge on any atom is -0.475 e. The summed E-state index contributed by atoms with van der Waals surface area (Å²) in [6.07, 6.45) is 0. The summed E-state index contributed by atoms with van der Waals surface area (Å²) in [6, 6.07) is 6.64. The van der Waals surface area contributed by atoms with E-state index in [2.05, 4.69) is 52.6 Å². The van der Waals surface area contributed by atoms with Crippen LogP contribution in [0.2, 0.25) is 0 Å². The zero-order valence-corrected chi connectivity index (χ0v) is 14.9. The Hall–Kier alpha value is -1.27. The monoisotopic (exact) mass is 416 g/mol. The number of hydrogen-bond donors (Lipinski definition) is 1. The van der Waals surface area contributed by atoms with Crippen molar-refractivity contribution in [3.8, 4) is 11.7 Å². The van der Waals surface area contributed by atoms with Crippen LogP contribution < -0.4 is 4.74 Å². The van der Waals surface area contributed by atoms with Gasteiger partial charge in [0, 0.05) is 10.5 Å². The highest BCUT2D eigenvalue weighted by atomic mass is 79.9. The normalized spacial score (nSPS) is 11.5. The average Bonchev–Trinajstić information content (AvgIpc) is 2.79. The molecule has 1 aromatic carbocycles. The molecule has 112 valence electrons. The van der Waals surface area contributed by atoms with Crippen molar-refractivity contribution in [2.45, 2.75) is 26.2 Å². The maximum Gasteiger partial charge on any atom is 0.371 e. The molecular formula is C15H14Br2O4. The number of rotatable bonds is 3. The molecule has 0 aliphatic carbocycles. The molecule has 0 aliphatic rings. The molecule has 1 heterocycles. The highest BCUT2D eigenvalue weighted by molar-refractivity contribution is 9.11. The van der Waals surface area contributed by atoms with Crippen LogP contribution in [0.4, 0.5) is 0 Å². The minimum atomic E-state index is -1.13. The number of carboxylic acids is 1. The van der Waals surface area contributed by atoms with E-state index in [1.54, 1.807) is 0 Å². The largest absolute Gasteiger partial charge is 0.475 e. The first-order chi connectivity index (χ1) is 9.68. The molecule has 0 atom stereocenters.